The first-order valence-corrected chi connectivity index (χ1v) is 7.06. The van der Waals surface area contributed by atoms with Crippen molar-refractivity contribution < 1.29 is 14.7 Å². The van der Waals surface area contributed by atoms with Gasteiger partial charge in [-0.15, -0.1) is 5.10 Å². The lowest BCUT2D eigenvalue weighted by atomic mass is 9.83. The van der Waals surface area contributed by atoms with Gasteiger partial charge < -0.3 is 5.11 Å². The Balaban J connectivity index is 2.18. The molecule has 0 saturated heterocycles. The Morgan fingerprint density at radius 3 is 2.70 bits per heavy atom. The van der Waals surface area contributed by atoms with E-state index in [4.69, 9.17) is 0 Å². The summed E-state index contributed by atoms with van der Waals surface area (Å²) in [5.74, 6) is -0.794. The molecule has 5 nitrogen and oxygen atoms in total. The molecule has 1 N–H and O–H groups in total. The average Bonchev–Trinajstić information content (AvgIpc) is 2.85. The quantitative estimate of drug-likeness (QED) is 0.495. The summed E-state index contributed by atoms with van der Waals surface area (Å²) in [5.41, 5.74) is 1.01. The highest BCUT2D eigenvalue weighted by Gasteiger charge is 2.31. The lowest BCUT2D eigenvalue weighted by Gasteiger charge is -2.19. The van der Waals surface area contributed by atoms with E-state index in [1.165, 1.54) is 0 Å². The Labute approximate surface area is 119 Å². The van der Waals surface area contributed by atoms with Crippen LogP contribution in [0, 0.1) is 5.92 Å². The third-order valence-corrected chi connectivity index (χ3v) is 4.17. The van der Waals surface area contributed by atoms with Gasteiger partial charge in [0.25, 0.3) is 0 Å². The second-order valence-electron chi connectivity index (χ2n) is 5.01. The molecule has 0 aliphatic heterocycles. The SMILES string of the molecule is CC1CC(=O)C(=C(O)c2cccc3nnsc23)C(=O)C1. The number of rotatable bonds is 1. The molecule has 1 aromatic heterocycles. The van der Waals surface area contributed by atoms with Crippen LogP contribution in [0.3, 0.4) is 0 Å². The van der Waals surface area contributed by atoms with E-state index in [-0.39, 0.29) is 28.8 Å². The average molecular weight is 288 g/mol. The van der Waals surface area contributed by atoms with E-state index in [0.29, 0.717) is 28.6 Å². The number of ketones is 2. The normalized spacial score (nSPS) is 19.6. The summed E-state index contributed by atoms with van der Waals surface area (Å²) in [4.78, 5) is 24.1. The summed E-state index contributed by atoms with van der Waals surface area (Å²) in [7, 11) is 0. The Morgan fingerprint density at radius 2 is 2.00 bits per heavy atom. The maximum Gasteiger partial charge on any atom is 0.170 e. The summed E-state index contributed by atoms with van der Waals surface area (Å²) >= 11 is 1.13. The number of aliphatic hydroxyl groups excluding tert-OH is 1. The fourth-order valence-electron chi connectivity index (χ4n) is 2.45. The van der Waals surface area contributed by atoms with Crippen molar-refractivity contribution >= 4 is 39.1 Å². The molecule has 0 unspecified atom stereocenters. The molecule has 102 valence electrons. The van der Waals surface area contributed by atoms with Crippen LogP contribution in [0.25, 0.3) is 16.0 Å². The second-order valence-corrected chi connectivity index (χ2v) is 5.76. The molecule has 0 bridgehead atoms. The topological polar surface area (TPSA) is 80.2 Å². The molecule has 1 heterocycles. The van der Waals surface area contributed by atoms with E-state index in [0.717, 1.165) is 11.5 Å². The van der Waals surface area contributed by atoms with Crippen molar-refractivity contribution in [2.45, 2.75) is 19.8 Å². The van der Waals surface area contributed by atoms with Gasteiger partial charge >= 0.3 is 0 Å². The van der Waals surface area contributed by atoms with E-state index >= 15 is 0 Å². The van der Waals surface area contributed by atoms with E-state index in [2.05, 4.69) is 9.59 Å². The van der Waals surface area contributed by atoms with Crippen LogP contribution >= 0.6 is 11.5 Å². The van der Waals surface area contributed by atoms with Crippen molar-refractivity contribution in [3.63, 3.8) is 0 Å². The van der Waals surface area contributed by atoms with Crippen LogP contribution in [-0.4, -0.2) is 26.3 Å². The molecule has 0 spiro atoms. The molecule has 0 radical (unpaired) electrons. The predicted molar refractivity (Wildman–Crippen MR) is 75.4 cm³/mol. The van der Waals surface area contributed by atoms with Gasteiger partial charge in [-0.05, 0) is 29.6 Å². The van der Waals surface area contributed by atoms with Crippen LogP contribution in [0.2, 0.25) is 0 Å². The second kappa shape index (κ2) is 4.79. The van der Waals surface area contributed by atoms with Gasteiger partial charge in [0.15, 0.2) is 11.6 Å². The number of aliphatic hydroxyl groups is 1. The first-order valence-electron chi connectivity index (χ1n) is 6.29. The third-order valence-electron chi connectivity index (χ3n) is 3.39. The van der Waals surface area contributed by atoms with Gasteiger partial charge in [-0.2, -0.15) is 0 Å². The molecular weight excluding hydrogens is 276 g/mol. The van der Waals surface area contributed by atoms with Crippen molar-refractivity contribution in [1.29, 1.82) is 0 Å². The largest absolute Gasteiger partial charge is 0.506 e. The number of nitrogens with zero attached hydrogens (tertiary/aromatic N) is 2. The van der Waals surface area contributed by atoms with E-state index in [9.17, 15) is 14.7 Å². The number of Topliss-reactive ketones (excluding diaryl/α,β-unsaturated/α-hetero) is 2. The highest BCUT2D eigenvalue weighted by atomic mass is 32.1. The van der Waals surface area contributed by atoms with Crippen LogP contribution < -0.4 is 0 Å². The summed E-state index contributed by atoms with van der Waals surface area (Å²) in [6.45, 7) is 1.86. The van der Waals surface area contributed by atoms with E-state index < -0.39 is 0 Å². The molecule has 0 atom stereocenters. The number of allylic oxidation sites excluding steroid dienone is 1. The van der Waals surface area contributed by atoms with Crippen LogP contribution in [-0.2, 0) is 9.59 Å². The molecule has 3 rings (SSSR count). The Bertz CT molecular complexity index is 728. The smallest absolute Gasteiger partial charge is 0.170 e. The maximum atomic E-state index is 12.0. The summed E-state index contributed by atoms with van der Waals surface area (Å²) < 4.78 is 4.51. The first kappa shape index (κ1) is 12.9. The van der Waals surface area contributed by atoms with Crippen molar-refractivity contribution in [3.05, 3.63) is 29.3 Å². The van der Waals surface area contributed by atoms with Gasteiger partial charge in [-0.3, -0.25) is 9.59 Å². The van der Waals surface area contributed by atoms with E-state index in [1.807, 2.05) is 6.92 Å². The fourth-order valence-corrected chi connectivity index (χ4v) is 3.13. The highest BCUT2D eigenvalue weighted by Crippen LogP contribution is 2.31. The van der Waals surface area contributed by atoms with Crippen molar-refractivity contribution in [2.75, 3.05) is 0 Å². The molecule has 1 aliphatic carbocycles. The Morgan fingerprint density at radius 1 is 1.30 bits per heavy atom. The molecule has 0 amide bonds. The number of carbonyl (C=O) groups excluding carboxylic acids is 2. The van der Waals surface area contributed by atoms with Crippen LogP contribution in [0.1, 0.15) is 25.3 Å². The molecule has 1 fully saturated rings. The number of benzene rings is 1. The number of hydrogen-bond donors (Lipinski definition) is 1. The standard InChI is InChI=1S/C14H12N2O3S/c1-7-5-10(17)12(11(18)6-7)13(19)8-3-2-4-9-14(8)20-16-15-9/h2-4,7,19H,5-6H2,1H3. The van der Waals surface area contributed by atoms with Gasteiger partial charge in [-0.25, -0.2) is 0 Å². The zero-order valence-corrected chi connectivity index (χ0v) is 11.6. The summed E-state index contributed by atoms with van der Waals surface area (Å²) in [5, 5.41) is 14.3. The maximum absolute atomic E-state index is 12.0. The zero-order valence-electron chi connectivity index (χ0n) is 10.8. The fraction of sp³-hybridized carbons (Fsp3) is 0.286. The minimum absolute atomic E-state index is 0.0346. The molecule has 1 aromatic carbocycles. The molecule has 2 aromatic rings. The van der Waals surface area contributed by atoms with Crippen LogP contribution in [0.4, 0.5) is 0 Å². The Hall–Kier alpha value is -2.08. The number of hydrogen-bond acceptors (Lipinski definition) is 6. The monoisotopic (exact) mass is 288 g/mol. The number of fused-ring (bicyclic) bond motifs is 1. The lowest BCUT2D eigenvalue weighted by molar-refractivity contribution is -0.125. The molecule has 6 heteroatoms. The summed E-state index contributed by atoms with van der Waals surface area (Å²) in [6, 6.07) is 5.16. The molecule has 20 heavy (non-hydrogen) atoms. The highest BCUT2D eigenvalue weighted by molar-refractivity contribution is 7.13. The van der Waals surface area contributed by atoms with Gasteiger partial charge in [0.2, 0.25) is 0 Å². The minimum atomic E-state index is -0.291. The molecular formula is C14H12N2O3S. The predicted octanol–water partition coefficient (Wildman–Crippen LogP) is 2.53. The third kappa shape index (κ3) is 2.02. The van der Waals surface area contributed by atoms with Crippen LogP contribution in [0.5, 0.6) is 0 Å². The first-order chi connectivity index (χ1) is 9.58. The van der Waals surface area contributed by atoms with Gasteiger partial charge in [0.1, 0.15) is 16.8 Å². The zero-order chi connectivity index (χ0) is 14.3. The Kier molecular flexibility index (Phi) is 3.10. The van der Waals surface area contributed by atoms with Gasteiger partial charge in [-0.1, -0.05) is 17.5 Å². The van der Waals surface area contributed by atoms with Gasteiger partial charge in [0.05, 0.1) is 4.70 Å². The number of aromatic nitrogens is 2. The van der Waals surface area contributed by atoms with Crippen molar-refractivity contribution in [3.8, 4) is 0 Å². The van der Waals surface area contributed by atoms with Gasteiger partial charge in [0, 0.05) is 18.4 Å². The lowest BCUT2D eigenvalue weighted by Crippen LogP contribution is -2.25. The van der Waals surface area contributed by atoms with Crippen molar-refractivity contribution in [1.82, 2.24) is 9.59 Å². The summed E-state index contributed by atoms with van der Waals surface area (Å²) in [6.07, 6.45) is 0.587. The number of carbonyl (C=O) groups is 2. The van der Waals surface area contributed by atoms with E-state index in [1.54, 1.807) is 18.2 Å². The van der Waals surface area contributed by atoms with Crippen LogP contribution in [0.15, 0.2) is 23.8 Å². The minimum Gasteiger partial charge on any atom is -0.506 e. The molecule has 1 saturated carbocycles. The van der Waals surface area contributed by atoms with Crippen molar-refractivity contribution in [2.24, 2.45) is 5.92 Å². The molecule has 1 aliphatic rings.